The van der Waals surface area contributed by atoms with Crippen LogP contribution in [-0.2, 0) is 18.4 Å². The molecule has 8 heteroatoms. The molecule has 2 unspecified atom stereocenters. The van der Waals surface area contributed by atoms with Crippen LogP contribution in [0.2, 0.25) is 0 Å². The highest BCUT2D eigenvalue weighted by Gasteiger charge is 2.23. The Balaban J connectivity index is 1.56. The number of pyridine rings is 1. The summed E-state index contributed by atoms with van der Waals surface area (Å²) in [6, 6.07) is 11.5. The van der Waals surface area contributed by atoms with Gasteiger partial charge in [0.05, 0.1) is 29.7 Å². The van der Waals surface area contributed by atoms with Crippen molar-refractivity contribution >= 4 is 5.57 Å². The normalized spacial score (nSPS) is 18.1. The molecular formula is C24H24N6O2. The van der Waals surface area contributed by atoms with Crippen LogP contribution in [0.15, 0.2) is 59.0 Å². The second-order valence-corrected chi connectivity index (χ2v) is 7.98. The summed E-state index contributed by atoms with van der Waals surface area (Å²) in [5.41, 5.74) is 5.78. The molecule has 0 saturated carbocycles. The molecule has 8 nitrogen and oxygen atoms in total. The Morgan fingerprint density at radius 2 is 1.97 bits per heavy atom. The van der Waals surface area contributed by atoms with E-state index in [4.69, 9.17) is 10.00 Å². The van der Waals surface area contributed by atoms with Gasteiger partial charge in [-0.25, -0.2) is 4.79 Å². The molecule has 0 amide bonds. The summed E-state index contributed by atoms with van der Waals surface area (Å²) in [7, 11) is 1.57. The Kier molecular flexibility index (Phi) is 5.84. The summed E-state index contributed by atoms with van der Waals surface area (Å²) >= 11 is 0. The molecule has 0 aliphatic heterocycles. The summed E-state index contributed by atoms with van der Waals surface area (Å²) in [5.74, 6) is 0.123. The summed E-state index contributed by atoms with van der Waals surface area (Å²) in [6.45, 7) is 6.46. The number of hydrogen-bond acceptors (Lipinski definition) is 6. The van der Waals surface area contributed by atoms with Crippen LogP contribution in [0.4, 0.5) is 0 Å². The maximum absolute atomic E-state index is 12.4. The lowest BCUT2D eigenvalue weighted by Crippen LogP contribution is -2.25. The third kappa shape index (κ3) is 4.03. The van der Waals surface area contributed by atoms with Gasteiger partial charge < -0.3 is 4.74 Å². The molecule has 162 valence electrons. The van der Waals surface area contributed by atoms with E-state index in [1.807, 2.05) is 38.1 Å². The topological polar surface area (TPSA) is 98.6 Å². The van der Waals surface area contributed by atoms with Crippen molar-refractivity contribution in [2.24, 2.45) is 13.0 Å². The average molecular weight is 428 g/mol. The zero-order valence-corrected chi connectivity index (χ0v) is 18.5. The van der Waals surface area contributed by atoms with Crippen molar-refractivity contribution in [1.29, 1.82) is 5.26 Å². The van der Waals surface area contributed by atoms with Gasteiger partial charge in [0, 0.05) is 24.7 Å². The molecule has 3 aromatic rings. The fourth-order valence-corrected chi connectivity index (χ4v) is 3.80. The van der Waals surface area contributed by atoms with Crippen molar-refractivity contribution in [3.05, 3.63) is 87.1 Å². The SMILES string of the molecule is CC1=CC(OCc2c(C)cccc2-n2nnn(C)c2=O)C(C)C=C1c1ccc(C#N)cn1. The number of nitriles is 1. The summed E-state index contributed by atoms with van der Waals surface area (Å²) < 4.78 is 8.80. The Labute approximate surface area is 186 Å². The Bertz CT molecular complexity index is 1310. The highest BCUT2D eigenvalue weighted by atomic mass is 16.5. The molecule has 2 aromatic heterocycles. The first-order valence-corrected chi connectivity index (χ1v) is 10.4. The molecule has 4 rings (SSSR count). The highest BCUT2D eigenvalue weighted by molar-refractivity contribution is 5.78. The van der Waals surface area contributed by atoms with E-state index in [0.717, 1.165) is 28.0 Å². The zero-order chi connectivity index (χ0) is 22.8. The number of allylic oxidation sites excluding steroid dienone is 2. The summed E-state index contributed by atoms with van der Waals surface area (Å²) in [5, 5.41) is 16.8. The van der Waals surface area contributed by atoms with Crippen LogP contribution in [0.5, 0.6) is 0 Å². The second kappa shape index (κ2) is 8.73. The molecule has 1 aliphatic carbocycles. The van der Waals surface area contributed by atoms with Gasteiger partial charge in [-0.2, -0.15) is 14.6 Å². The van der Waals surface area contributed by atoms with Gasteiger partial charge in [-0.15, -0.1) is 0 Å². The first kappa shape index (κ1) is 21.4. The van der Waals surface area contributed by atoms with E-state index in [9.17, 15) is 4.79 Å². The minimum Gasteiger partial charge on any atom is -0.369 e. The number of benzene rings is 1. The molecule has 1 aromatic carbocycles. The number of nitrogens with zero attached hydrogens (tertiary/aromatic N) is 6. The lowest BCUT2D eigenvalue weighted by atomic mass is 9.88. The van der Waals surface area contributed by atoms with Gasteiger partial charge in [-0.1, -0.05) is 31.2 Å². The smallest absolute Gasteiger partial charge is 0.368 e. The van der Waals surface area contributed by atoms with Crippen molar-refractivity contribution in [2.75, 3.05) is 0 Å². The fourth-order valence-electron chi connectivity index (χ4n) is 3.80. The van der Waals surface area contributed by atoms with Crippen LogP contribution in [0.25, 0.3) is 11.3 Å². The summed E-state index contributed by atoms with van der Waals surface area (Å²) in [6.07, 6.45) is 5.72. The minimum absolute atomic E-state index is 0.122. The molecule has 0 spiro atoms. The number of rotatable bonds is 5. The predicted molar refractivity (Wildman–Crippen MR) is 120 cm³/mol. The molecule has 0 radical (unpaired) electrons. The van der Waals surface area contributed by atoms with Gasteiger partial charge in [0.2, 0.25) is 0 Å². The summed E-state index contributed by atoms with van der Waals surface area (Å²) in [4.78, 5) is 16.8. The average Bonchev–Trinajstić information content (AvgIpc) is 3.13. The first-order valence-electron chi connectivity index (χ1n) is 10.4. The van der Waals surface area contributed by atoms with Crippen LogP contribution >= 0.6 is 0 Å². The fraction of sp³-hybridized carbons (Fsp3) is 0.292. The monoisotopic (exact) mass is 428 g/mol. The molecule has 0 saturated heterocycles. The number of aromatic nitrogens is 5. The van der Waals surface area contributed by atoms with Crippen LogP contribution < -0.4 is 5.69 Å². The van der Waals surface area contributed by atoms with Gasteiger partial charge in [0.25, 0.3) is 0 Å². The molecule has 0 bridgehead atoms. The van der Waals surface area contributed by atoms with E-state index in [1.54, 1.807) is 19.3 Å². The zero-order valence-electron chi connectivity index (χ0n) is 18.5. The predicted octanol–water partition coefficient (Wildman–Crippen LogP) is 3.11. The molecule has 1 aliphatic rings. The number of aryl methyl sites for hydroxylation is 2. The van der Waals surface area contributed by atoms with E-state index < -0.39 is 0 Å². The van der Waals surface area contributed by atoms with Gasteiger partial charge in [0.15, 0.2) is 0 Å². The Morgan fingerprint density at radius 3 is 2.62 bits per heavy atom. The van der Waals surface area contributed by atoms with E-state index in [2.05, 4.69) is 40.6 Å². The van der Waals surface area contributed by atoms with Gasteiger partial charge in [0.1, 0.15) is 6.07 Å². The van der Waals surface area contributed by atoms with Crippen LogP contribution in [0.1, 0.15) is 36.2 Å². The lowest BCUT2D eigenvalue weighted by molar-refractivity contribution is 0.0486. The molecule has 0 N–H and O–H groups in total. The largest absolute Gasteiger partial charge is 0.369 e. The van der Waals surface area contributed by atoms with E-state index in [1.165, 1.54) is 9.36 Å². The lowest BCUT2D eigenvalue weighted by Gasteiger charge is -2.26. The van der Waals surface area contributed by atoms with Crippen LogP contribution in [0, 0.1) is 24.2 Å². The third-order valence-corrected chi connectivity index (χ3v) is 5.71. The molecule has 32 heavy (non-hydrogen) atoms. The van der Waals surface area contributed by atoms with Crippen LogP contribution in [0.3, 0.4) is 0 Å². The van der Waals surface area contributed by atoms with Crippen molar-refractivity contribution in [3.63, 3.8) is 0 Å². The van der Waals surface area contributed by atoms with Crippen LogP contribution in [-0.4, -0.2) is 30.9 Å². The van der Waals surface area contributed by atoms with Crippen molar-refractivity contribution in [3.8, 4) is 11.8 Å². The van der Waals surface area contributed by atoms with E-state index in [0.29, 0.717) is 17.9 Å². The highest BCUT2D eigenvalue weighted by Crippen LogP contribution is 2.32. The van der Waals surface area contributed by atoms with Crippen molar-refractivity contribution < 1.29 is 4.74 Å². The first-order chi connectivity index (χ1) is 15.4. The third-order valence-electron chi connectivity index (χ3n) is 5.71. The maximum Gasteiger partial charge on any atom is 0.368 e. The minimum atomic E-state index is -0.305. The molecule has 2 atom stereocenters. The van der Waals surface area contributed by atoms with Crippen molar-refractivity contribution in [2.45, 2.75) is 33.5 Å². The number of hydrogen-bond donors (Lipinski definition) is 0. The van der Waals surface area contributed by atoms with Gasteiger partial charge >= 0.3 is 5.69 Å². The van der Waals surface area contributed by atoms with Crippen molar-refractivity contribution in [1.82, 2.24) is 24.8 Å². The Hall–Kier alpha value is -3.83. The van der Waals surface area contributed by atoms with Gasteiger partial charge in [-0.3, -0.25) is 4.98 Å². The molecule has 2 heterocycles. The standard InChI is InChI=1S/C24H24N6O2/c1-15-6-5-7-22(30-24(31)29(4)27-28-30)20(15)14-32-23-11-16(2)19(10-17(23)3)21-9-8-18(12-25)13-26-21/h5-11,13,17,23H,14H2,1-4H3. The van der Waals surface area contributed by atoms with E-state index >= 15 is 0 Å². The quantitative estimate of drug-likeness (QED) is 0.619. The number of tetrazole rings is 1. The molecule has 0 fully saturated rings. The maximum atomic E-state index is 12.4. The van der Waals surface area contributed by atoms with Gasteiger partial charge in [-0.05, 0) is 59.2 Å². The van der Waals surface area contributed by atoms with E-state index in [-0.39, 0.29) is 17.7 Å². The number of ether oxygens (including phenoxy) is 1. The second-order valence-electron chi connectivity index (χ2n) is 7.98. The molecular weight excluding hydrogens is 404 g/mol. The Morgan fingerprint density at radius 1 is 1.16 bits per heavy atom.